The first-order valence-electron chi connectivity index (χ1n) is 13.6. The molecule has 9 nitrogen and oxygen atoms in total. The van der Waals surface area contributed by atoms with Crippen molar-refractivity contribution in [1.29, 1.82) is 0 Å². The molecule has 39 heavy (non-hydrogen) atoms. The Kier molecular flexibility index (Phi) is 9.12. The number of amides is 3. The molecule has 210 valence electrons. The van der Waals surface area contributed by atoms with Crippen LogP contribution < -0.4 is 10.1 Å². The zero-order valence-electron chi connectivity index (χ0n) is 23.2. The second kappa shape index (κ2) is 12.5. The van der Waals surface area contributed by atoms with Gasteiger partial charge in [0.25, 0.3) is 5.91 Å². The fourth-order valence-electron chi connectivity index (χ4n) is 4.74. The van der Waals surface area contributed by atoms with Crippen LogP contribution in [-0.2, 0) is 25.6 Å². The molecule has 0 radical (unpaired) electrons. The number of likely N-dealkylation sites (tertiary alicyclic amines) is 1. The quantitative estimate of drug-likeness (QED) is 0.469. The first-order chi connectivity index (χ1) is 18.6. The fraction of sp³-hybridized carbons (Fsp3) is 0.500. The maximum Gasteiger partial charge on any atom is 0.410 e. The molecule has 2 saturated heterocycles. The average Bonchev–Trinajstić information content (AvgIpc) is 3.31. The van der Waals surface area contributed by atoms with Crippen LogP contribution in [0.25, 0.3) is 0 Å². The van der Waals surface area contributed by atoms with Gasteiger partial charge >= 0.3 is 6.09 Å². The number of anilines is 1. The molecule has 2 fully saturated rings. The summed E-state index contributed by atoms with van der Waals surface area (Å²) in [5, 5.41) is 2.85. The van der Waals surface area contributed by atoms with E-state index in [0.29, 0.717) is 25.4 Å². The first-order valence-corrected chi connectivity index (χ1v) is 13.6. The molecule has 3 amide bonds. The number of nitrogens with one attached hydrogen (secondary N) is 1. The van der Waals surface area contributed by atoms with E-state index in [1.807, 2.05) is 63.2 Å². The van der Waals surface area contributed by atoms with Gasteiger partial charge < -0.3 is 29.3 Å². The Morgan fingerprint density at radius 1 is 1.05 bits per heavy atom. The maximum atomic E-state index is 13.6. The van der Waals surface area contributed by atoms with Crippen molar-refractivity contribution in [3.63, 3.8) is 0 Å². The van der Waals surface area contributed by atoms with E-state index >= 15 is 0 Å². The van der Waals surface area contributed by atoms with Gasteiger partial charge in [-0.3, -0.25) is 9.59 Å². The van der Waals surface area contributed by atoms with Crippen molar-refractivity contribution in [1.82, 2.24) is 9.80 Å². The highest BCUT2D eigenvalue weighted by atomic mass is 16.6. The number of hydrogen-bond acceptors (Lipinski definition) is 6. The lowest BCUT2D eigenvalue weighted by molar-refractivity contribution is -0.169. The number of nitrogens with zero attached hydrogens (tertiary/aromatic N) is 2. The third-order valence-corrected chi connectivity index (χ3v) is 6.66. The summed E-state index contributed by atoms with van der Waals surface area (Å²) >= 11 is 0. The summed E-state index contributed by atoms with van der Waals surface area (Å²) in [5.74, 6) is 0.152. The van der Waals surface area contributed by atoms with Crippen LogP contribution in [0, 0.1) is 0 Å². The molecule has 2 aliphatic rings. The van der Waals surface area contributed by atoms with Gasteiger partial charge in [0.05, 0.1) is 31.7 Å². The highest BCUT2D eigenvalue weighted by molar-refractivity contribution is 5.95. The zero-order valence-corrected chi connectivity index (χ0v) is 23.2. The molecule has 4 rings (SSSR count). The average molecular weight is 538 g/mol. The Hall–Kier alpha value is -3.59. The molecule has 2 aromatic carbocycles. The van der Waals surface area contributed by atoms with E-state index in [1.165, 1.54) is 0 Å². The zero-order chi connectivity index (χ0) is 28.0. The van der Waals surface area contributed by atoms with E-state index in [1.54, 1.807) is 21.9 Å². The Balaban J connectivity index is 1.43. The molecule has 2 aliphatic heterocycles. The fourth-order valence-corrected chi connectivity index (χ4v) is 4.74. The maximum absolute atomic E-state index is 13.6. The van der Waals surface area contributed by atoms with Gasteiger partial charge in [-0.2, -0.15) is 0 Å². The molecule has 0 saturated carbocycles. The summed E-state index contributed by atoms with van der Waals surface area (Å²) in [6.45, 7) is 9.17. The highest BCUT2D eigenvalue weighted by Crippen LogP contribution is 2.30. The van der Waals surface area contributed by atoms with Gasteiger partial charge in [0.1, 0.15) is 17.5 Å². The van der Waals surface area contributed by atoms with Gasteiger partial charge in [-0.25, -0.2) is 4.79 Å². The van der Waals surface area contributed by atoms with Gasteiger partial charge in [-0.1, -0.05) is 43.7 Å². The third-order valence-electron chi connectivity index (χ3n) is 6.66. The van der Waals surface area contributed by atoms with Crippen LogP contribution in [0.3, 0.4) is 0 Å². The Morgan fingerprint density at radius 2 is 1.77 bits per heavy atom. The van der Waals surface area contributed by atoms with E-state index in [-0.39, 0.29) is 30.8 Å². The number of carbonyl (C=O) groups is 3. The van der Waals surface area contributed by atoms with Crippen molar-refractivity contribution in [2.75, 3.05) is 25.0 Å². The summed E-state index contributed by atoms with van der Waals surface area (Å²) in [5.41, 5.74) is 0.944. The van der Waals surface area contributed by atoms with Crippen LogP contribution in [0.4, 0.5) is 10.5 Å². The SMILES string of the molecule is CCCCOc1ccc(NC(=O)CC2OC3CN(C(=O)OC(C)(C)C)CC3N(Cc3ccccc3)C2=O)cc1. The minimum atomic E-state index is -0.954. The summed E-state index contributed by atoms with van der Waals surface area (Å²) in [4.78, 5) is 42.6. The number of carbonyl (C=O) groups excluding carboxylic acids is 3. The van der Waals surface area contributed by atoms with Gasteiger partial charge in [0, 0.05) is 18.8 Å². The summed E-state index contributed by atoms with van der Waals surface area (Å²) < 4.78 is 17.4. The molecule has 9 heteroatoms. The van der Waals surface area contributed by atoms with Gasteiger partial charge in [0.2, 0.25) is 5.91 Å². The molecular weight excluding hydrogens is 498 g/mol. The number of rotatable bonds is 9. The molecule has 3 unspecified atom stereocenters. The number of unbranched alkanes of at least 4 members (excludes halogenated alkanes) is 1. The summed E-state index contributed by atoms with van der Waals surface area (Å²) in [6.07, 6.45) is 0.0891. The lowest BCUT2D eigenvalue weighted by atomic mass is 10.0. The standard InChI is InChI=1S/C30H39N3O6/c1-5-6-16-37-23-14-12-22(13-15-23)31-27(34)17-25-28(35)33(18-21-10-8-7-9-11-21)24-19-32(20-26(24)38-25)29(36)39-30(2,3)4/h7-15,24-26H,5-6,16-20H2,1-4H3,(H,31,34). The Morgan fingerprint density at radius 3 is 2.44 bits per heavy atom. The van der Waals surface area contributed by atoms with E-state index in [2.05, 4.69) is 12.2 Å². The largest absolute Gasteiger partial charge is 0.494 e. The molecule has 0 aliphatic carbocycles. The van der Waals surface area contributed by atoms with E-state index in [9.17, 15) is 14.4 Å². The van der Waals surface area contributed by atoms with Gasteiger partial charge in [-0.05, 0) is 57.0 Å². The minimum absolute atomic E-state index is 0.130. The van der Waals surface area contributed by atoms with Crippen LogP contribution >= 0.6 is 0 Å². The molecule has 1 N–H and O–H groups in total. The number of benzene rings is 2. The third kappa shape index (κ3) is 7.72. The number of hydrogen-bond donors (Lipinski definition) is 1. The number of ether oxygens (including phenoxy) is 3. The smallest absolute Gasteiger partial charge is 0.410 e. The molecule has 0 aromatic heterocycles. The van der Waals surface area contributed by atoms with Crippen molar-refractivity contribution in [3.05, 3.63) is 60.2 Å². The Bertz CT molecular complexity index is 1130. The minimum Gasteiger partial charge on any atom is -0.494 e. The molecular formula is C30H39N3O6. The van der Waals surface area contributed by atoms with E-state index in [4.69, 9.17) is 14.2 Å². The van der Waals surface area contributed by atoms with E-state index < -0.39 is 23.9 Å². The Labute approximate surface area is 230 Å². The first kappa shape index (κ1) is 28.4. The van der Waals surface area contributed by atoms with Crippen molar-refractivity contribution in [3.8, 4) is 5.75 Å². The van der Waals surface area contributed by atoms with Crippen LogP contribution in [0.1, 0.15) is 52.5 Å². The van der Waals surface area contributed by atoms with Crippen LogP contribution in [0.2, 0.25) is 0 Å². The predicted molar refractivity (Wildman–Crippen MR) is 147 cm³/mol. The van der Waals surface area contributed by atoms with E-state index in [0.717, 1.165) is 24.2 Å². The second-order valence-corrected chi connectivity index (χ2v) is 11.0. The number of fused-ring (bicyclic) bond motifs is 1. The van der Waals surface area contributed by atoms with Gasteiger partial charge in [-0.15, -0.1) is 0 Å². The van der Waals surface area contributed by atoms with Crippen molar-refractivity contribution < 1.29 is 28.6 Å². The molecule has 0 spiro atoms. The van der Waals surface area contributed by atoms with Crippen molar-refractivity contribution in [2.24, 2.45) is 0 Å². The molecule has 2 aromatic rings. The lowest BCUT2D eigenvalue weighted by Crippen LogP contribution is -2.58. The molecule has 0 bridgehead atoms. The van der Waals surface area contributed by atoms with Crippen molar-refractivity contribution in [2.45, 2.75) is 77.4 Å². The lowest BCUT2D eigenvalue weighted by Gasteiger charge is -2.40. The number of morpholine rings is 1. The molecule has 3 atom stereocenters. The predicted octanol–water partition coefficient (Wildman–Crippen LogP) is 4.61. The van der Waals surface area contributed by atoms with Crippen LogP contribution in [0.5, 0.6) is 5.75 Å². The van der Waals surface area contributed by atoms with Crippen molar-refractivity contribution >= 4 is 23.6 Å². The van der Waals surface area contributed by atoms with Gasteiger partial charge in [0.15, 0.2) is 0 Å². The topological polar surface area (TPSA) is 97.4 Å². The molecule has 2 heterocycles. The summed E-state index contributed by atoms with van der Waals surface area (Å²) in [6, 6.07) is 16.5. The normalized spacial score (nSPS) is 20.9. The second-order valence-electron chi connectivity index (χ2n) is 11.0. The van der Waals surface area contributed by atoms with Crippen LogP contribution in [0.15, 0.2) is 54.6 Å². The summed E-state index contributed by atoms with van der Waals surface area (Å²) in [7, 11) is 0. The van der Waals surface area contributed by atoms with Crippen LogP contribution in [-0.4, -0.2) is 71.3 Å². The monoisotopic (exact) mass is 537 g/mol. The highest BCUT2D eigenvalue weighted by Gasteiger charge is 2.49.